The first-order valence-electron chi connectivity index (χ1n) is 7.82. The summed E-state index contributed by atoms with van der Waals surface area (Å²) in [5.41, 5.74) is -2.75. The number of rotatable bonds is 2. The van der Waals surface area contributed by atoms with Crippen molar-refractivity contribution < 1.29 is 36.2 Å². The first kappa shape index (κ1) is 19.3. The summed E-state index contributed by atoms with van der Waals surface area (Å²) < 4.78 is 76.2. The molecule has 0 aromatic carbocycles. The molecule has 1 aliphatic heterocycles. The van der Waals surface area contributed by atoms with Crippen LogP contribution in [0.1, 0.15) is 38.5 Å². The van der Waals surface area contributed by atoms with Gasteiger partial charge >= 0.3 is 12.4 Å². The van der Waals surface area contributed by atoms with Crippen LogP contribution in [0.15, 0.2) is 0 Å². The number of amides is 1. The Balaban J connectivity index is 1.86. The van der Waals surface area contributed by atoms with Gasteiger partial charge in [0.2, 0.25) is 5.91 Å². The van der Waals surface area contributed by atoms with E-state index in [1.807, 2.05) is 0 Å². The van der Waals surface area contributed by atoms with Gasteiger partial charge in [-0.15, -0.1) is 0 Å². The van der Waals surface area contributed by atoms with Crippen LogP contribution >= 0.6 is 0 Å². The molecule has 1 saturated carbocycles. The molecule has 2 aliphatic rings. The number of hydrogen-bond acceptors (Lipinski definition) is 3. The molecule has 0 spiro atoms. The minimum absolute atomic E-state index is 0.0563. The predicted molar refractivity (Wildman–Crippen MR) is 72.0 cm³/mol. The Bertz CT molecular complexity index is 457. The van der Waals surface area contributed by atoms with Crippen molar-refractivity contribution in [2.24, 2.45) is 5.92 Å². The maximum absolute atomic E-state index is 12.7. The van der Waals surface area contributed by atoms with Crippen LogP contribution in [0.25, 0.3) is 0 Å². The number of piperidine rings is 1. The topological polar surface area (TPSA) is 61.4 Å². The van der Waals surface area contributed by atoms with Crippen LogP contribution in [0.4, 0.5) is 26.3 Å². The second kappa shape index (κ2) is 6.70. The van der Waals surface area contributed by atoms with Crippen LogP contribution in [0.3, 0.4) is 0 Å². The van der Waals surface area contributed by atoms with Gasteiger partial charge in [-0.25, -0.2) is 0 Å². The molecular formula is C14H20F6N2O2. The molecule has 1 saturated heterocycles. The van der Waals surface area contributed by atoms with Crippen LogP contribution in [0, 0.1) is 5.92 Å². The highest BCUT2D eigenvalue weighted by atomic mass is 19.4. The van der Waals surface area contributed by atoms with Gasteiger partial charge < -0.3 is 15.7 Å². The van der Waals surface area contributed by atoms with E-state index >= 15 is 0 Å². The fourth-order valence-electron chi connectivity index (χ4n) is 3.25. The number of alkyl halides is 6. The third kappa shape index (κ3) is 4.33. The molecule has 2 fully saturated rings. The van der Waals surface area contributed by atoms with E-state index < -0.39 is 54.7 Å². The predicted octanol–water partition coefficient (Wildman–Crippen LogP) is 2.27. The van der Waals surface area contributed by atoms with Crippen LogP contribution < -0.4 is 10.6 Å². The maximum Gasteiger partial charge on any atom is 0.417 e. The van der Waals surface area contributed by atoms with Gasteiger partial charge in [0.15, 0.2) is 5.60 Å². The summed E-state index contributed by atoms with van der Waals surface area (Å²) in [4.78, 5) is 12.1. The van der Waals surface area contributed by atoms with Gasteiger partial charge in [-0.05, 0) is 45.1 Å². The van der Waals surface area contributed by atoms with E-state index in [0.29, 0.717) is 0 Å². The van der Waals surface area contributed by atoms with Crippen molar-refractivity contribution in [1.82, 2.24) is 10.6 Å². The van der Waals surface area contributed by atoms with E-state index in [9.17, 15) is 36.2 Å². The van der Waals surface area contributed by atoms with Crippen molar-refractivity contribution in [3.05, 3.63) is 0 Å². The van der Waals surface area contributed by atoms with Crippen molar-refractivity contribution in [3.8, 4) is 0 Å². The highest BCUT2D eigenvalue weighted by Gasteiger charge is 2.54. The van der Waals surface area contributed by atoms with Crippen molar-refractivity contribution in [3.63, 3.8) is 0 Å². The Hall–Kier alpha value is -1.03. The molecule has 2 atom stereocenters. The number of carbonyl (C=O) groups is 1. The van der Waals surface area contributed by atoms with Crippen LogP contribution in [0.5, 0.6) is 0 Å². The normalized spacial score (nSPS) is 35.5. The van der Waals surface area contributed by atoms with E-state index in [2.05, 4.69) is 10.6 Å². The molecule has 10 heteroatoms. The highest BCUT2D eigenvalue weighted by molar-refractivity contribution is 5.79. The molecular weight excluding hydrogens is 342 g/mol. The van der Waals surface area contributed by atoms with Gasteiger partial charge in [-0.1, -0.05) is 0 Å². The zero-order valence-electron chi connectivity index (χ0n) is 12.8. The zero-order chi connectivity index (χ0) is 18.2. The molecule has 1 heterocycles. The Morgan fingerprint density at radius 2 is 1.67 bits per heavy atom. The minimum atomic E-state index is -4.73. The smallest absolute Gasteiger partial charge is 0.380 e. The molecule has 140 valence electrons. The third-order valence-electron chi connectivity index (χ3n) is 4.86. The second-order valence-corrected chi connectivity index (χ2v) is 6.58. The fourth-order valence-corrected chi connectivity index (χ4v) is 3.25. The van der Waals surface area contributed by atoms with Crippen LogP contribution in [-0.2, 0) is 4.79 Å². The number of nitrogens with one attached hydrogen (secondary N) is 2. The van der Waals surface area contributed by atoms with E-state index in [4.69, 9.17) is 0 Å². The molecule has 1 aliphatic carbocycles. The summed E-state index contributed by atoms with van der Waals surface area (Å²) in [5.74, 6) is -1.38. The summed E-state index contributed by atoms with van der Waals surface area (Å²) >= 11 is 0. The Kier molecular flexibility index (Phi) is 5.39. The number of halogens is 6. The molecule has 0 aromatic rings. The average molecular weight is 362 g/mol. The summed E-state index contributed by atoms with van der Waals surface area (Å²) in [6.45, 7) is 0.0563. The number of hydrogen-bond donors (Lipinski definition) is 3. The Morgan fingerprint density at radius 3 is 2.17 bits per heavy atom. The zero-order valence-corrected chi connectivity index (χ0v) is 12.8. The number of aliphatic hydroxyl groups is 1. The quantitative estimate of drug-likeness (QED) is 0.661. The second-order valence-electron chi connectivity index (χ2n) is 6.58. The van der Waals surface area contributed by atoms with E-state index in [0.717, 1.165) is 0 Å². The lowest BCUT2D eigenvalue weighted by Gasteiger charge is -2.38. The van der Waals surface area contributed by atoms with Crippen LogP contribution in [0.2, 0.25) is 0 Å². The van der Waals surface area contributed by atoms with Crippen molar-refractivity contribution >= 4 is 5.91 Å². The lowest BCUT2D eigenvalue weighted by atomic mass is 9.81. The molecule has 0 aromatic heterocycles. The maximum atomic E-state index is 12.7. The molecule has 4 nitrogen and oxygen atoms in total. The van der Waals surface area contributed by atoms with Crippen LogP contribution in [-0.4, -0.2) is 47.6 Å². The van der Waals surface area contributed by atoms with E-state index in [-0.39, 0.29) is 32.2 Å². The monoisotopic (exact) mass is 362 g/mol. The van der Waals surface area contributed by atoms with E-state index in [1.54, 1.807) is 0 Å². The fraction of sp³-hybridized carbons (Fsp3) is 0.929. The van der Waals surface area contributed by atoms with Crippen molar-refractivity contribution in [2.45, 2.75) is 68.6 Å². The summed E-state index contributed by atoms with van der Waals surface area (Å²) in [5, 5.41) is 14.4. The largest absolute Gasteiger partial charge is 0.417 e. The highest BCUT2D eigenvalue weighted by Crippen LogP contribution is 2.41. The first-order valence-corrected chi connectivity index (χ1v) is 7.82. The van der Waals surface area contributed by atoms with Gasteiger partial charge in [-0.3, -0.25) is 4.79 Å². The Morgan fingerprint density at radius 1 is 1.08 bits per heavy atom. The van der Waals surface area contributed by atoms with Gasteiger partial charge in [0.25, 0.3) is 0 Å². The standard InChI is InChI=1S/C14H20F6N2O2/c15-13(16,17)10-7-8(3-6-21-10)11(23)22-9-1-4-12(24,5-2-9)14(18,19)20/h8-10,21,24H,1-7H2,(H,22,23)/t8-,9?,10-,12?/m1/s1. The SMILES string of the molecule is O=C(NC1CCC(O)(C(F)(F)F)CC1)[C@@H]1CCN[C@@H](C(F)(F)F)C1. The van der Waals surface area contributed by atoms with Crippen molar-refractivity contribution in [1.29, 1.82) is 0 Å². The van der Waals surface area contributed by atoms with Gasteiger partial charge in [0.05, 0.1) is 0 Å². The lowest BCUT2D eigenvalue weighted by Crippen LogP contribution is -2.54. The molecule has 3 N–H and O–H groups in total. The summed E-state index contributed by atoms with van der Waals surface area (Å²) in [6, 6.07) is -2.30. The average Bonchev–Trinajstić information content (AvgIpc) is 2.48. The molecule has 2 rings (SSSR count). The molecule has 0 bridgehead atoms. The summed E-state index contributed by atoms with van der Waals surface area (Å²) in [7, 11) is 0. The molecule has 24 heavy (non-hydrogen) atoms. The lowest BCUT2D eigenvalue weighted by molar-refractivity contribution is -0.270. The summed E-state index contributed by atoms with van der Waals surface area (Å²) in [6.07, 6.45) is -10.5. The Labute approximate surface area is 135 Å². The molecule has 0 radical (unpaired) electrons. The minimum Gasteiger partial charge on any atom is -0.380 e. The third-order valence-corrected chi connectivity index (χ3v) is 4.86. The number of carbonyl (C=O) groups excluding carboxylic acids is 1. The first-order chi connectivity index (χ1) is 10.9. The van der Waals surface area contributed by atoms with Crippen molar-refractivity contribution in [2.75, 3.05) is 6.54 Å². The van der Waals surface area contributed by atoms with Gasteiger partial charge in [-0.2, -0.15) is 26.3 Å². The van der Waals surface area contributed by atoms with E-state index in [1.165, 1.54) is 0 Å². The molecule has 1 amide bonds. The van der Waals surface area contributed by atoms with Gasteiger partial charge in [0, 0.05) is 12.0 Å². The van der Waals surface area contributed by atoms with Gasteiger partial charge in [0.1, 0.15) is 6.04 Å². The molecule has 0 unspecified atom stereocenters.